The van der Waals surface area contributed by atoms with Crippen LogP contribution in [-0.4, -0.2) is 81.7 Å². The summed E-state index contributed by atoms with van der Waals surface area (Å²) in [7, 11) is 2.59. The maximum atomic E-state index is 13.7. The Morgan fingerprint density at radius 3 is 2.03 bits per heavy atom. The quantitative estimate of drug-likeness (QED) is 0.0898. The van der Waals surface area contributed by atoms with Gasteiger partial charge in [-0.25, -0.2) is 19.6 Å². The van der Waals surface area contributed by atoms with E-state index in [0.717, 1.165) is 113 Å². The molecule has 2 aliphatic carbocycles. The van der Waals surface area contributed by atoms with Gasteiger partial charge in [-0.3, -0.25) is 9.59 Å². The van der Waals surface area contributed by atoms with Gasteiger partial charge in [0.05, 0.1) is 42.5 Å². The largest absolute Gasteiger partial charge is 0.453 e. The molecule has 14 heteroatoms. The molecule has 0 spiro atoms. The maximum absolute atomic E-state index is 13.7. The molecule has 5 N–H and O–H groups in total. The number of nitrogens with zero attached hydrogens (tertiary/aromatic N) is 3. The Bertz CT molecular complexity index is 2450. The van der Waals surface area contributed by atoms with E-state index in [9.17, 15) is 19.2 Å². The van der Waals surface area contributed by atoms with E-state index < -0.39 is 29.8 Å². The number of fused-ring (bicyclic) bond motifs is 4. The van der Waals surface area contributed by atoms with E-state index in [1.54, 1.807) is 0 Å². The molecule has 4 amide bonds. The van der Waals surface area contributed by atoms with Crippen molar-refractivity contribution in [2.24, 2.45) is 11.8 Å². The number of H-pyrrole nitrogens is 2. The van der Waals surface area contributed by atoms with Gasteiger partial charge in [0.2, 0.25) is 11.8 Å². The van der Waals surface area contributed by atoms with Gasteiger partial charge in [-0.2, -0.15) is 0 Å². The van der Waals surface area contributed by atoms with Crippen LogP contribution in [0.4, 0.5) is 9.59 Å². The summed E-state index contributed by atoms with van der Waals surface area (Å²) in [6, 6.07) is 19.8. The van der Waals surface area contributed by atoms with Gasteiger partial charge >= 0.3 is 12.2 Å². The molecular weight excluding hydrogens is 773 g/mol. The summed E-state index contributed by atoms with van der Waals surface area (Å²) < 4.78 is 9.58. The predicted molar refractivity (Wildman–Crippen MR) is 232 cm³/mol. The average molecular weight is 829 g/mol. The number of hydrogen-bond donors (Lipinski definition) is 5. The van der Waals surface area contributed by atoms with Crippen LogP contribution in [-0.2, 0) is 37.4 Å². The molecular formula is C47H56N8O6. The molecule has 2 fully saturated rings. The lowest BCUT2D eigenvalue weighted by atomic mass is 9.89. The molecule has 8 rings (SSSR count). The van der Waals surface area contributed by atoms with Gasteiger partial charge in [-0.1, -0.05) is 89.1 Å². The lowest BCUT2D eigenvalue weighted by Gasteiger charge is -2.31. The summed E-state index contributed by atoms with van der Waals surface area (Å²) in [6.07, 6.45) is 5.55. The Morgan fingerprint density at radius 2 is 1.38 bits per heavy atom. The number of aromatic nitrogens is 4. The smallest absolute Gasteiger partial charge is 0.407 e. The van der Waals surface area contributed by atoms with Crippen molar-refractivity contribution in [2.45, 2.75) is 103 Å². The number of benzene rings is 3. The van der Waals surface area contributed by atoms with E-state index in [-0.39, 0.29) is 29.7 Å². The number of aryl methyl sites for hydroxylation is 2. The molecule has 0 unspecified atom stereocenters. The number of hydrogen-bond acceptors (Lipinski definition) is 8. The van der Waals surface area contributed by atoms with E-state index in [2.05, 4.69) is 80.5 Å². The van der Waals surface area contributed by atoms with Crippen LogP contribution in [0.3, 0.4) is 0 Å². The molecule has 5 aromatic rings. The molecule has 61 heavy (non-hydrogen) atoms. The van der Waals surface area contributed by atoms with E-state index in [1.165, 1.54) is 19.8 Å². The summed E-state index contributed by atoms with van der Waals surface area (Å²) >= 11 is 0. The monoisotopic (exact) mass is 828 g/mol. The zero-order valence-corrected chi connectivity index (χ0v) is 35.8. The topological polar surface area (TPSA) is 183 Å². The Morgan fingerprint density at radius 1 is 0.754 bits per heavy atom. The second kappa shape index (κ2) is 17.1. The second-order valence-corrected chi connectivity index (χ2v) is 17.4. The zero-order valence-electron chi connectivity index (χ0n) is 35.8. The summed E-state index contributed by atoms with van der Waals surface area (Å²) in [4.78, 5) is 70.4. The number of carbonyl (C=O) groups excluding carboxylic acids is 4. The third kappa shape index (κ3) is 8.19. The first kappa shape index (κ1) is 41.5. The lowest BCUT2D eigenvalue weighted by molar-refractivity contribution is -0.135. The number of methoxy groups -OCH3 is 2. The van der Waals surface area contributed by atoms with Gasteiger partial charge in [0.25, 0.3) is 0 Å². The highest BCUT2D eigenvalue weighted by Crippen LogP contribution is 2.41. The predicted octanol–water partition coefficient (Wildman–Crippen LogP) is 7.70. The van der Waals surface area contributed by atoms with Gasteiger partial charge in [-0.15, -0.1) is 0 Å². The van der Waals surface area contributed by atoms with Crippen LogP contribution in [0.2, 0.25) is 0 Å². The summed E-state index contributed by atoms with van der Waals surface area (Å²) in [6.45, 7) is 8.23. The third-order valence-corrected chi connectivity index (χ3v) is 12.8. The number of alkyl carbamates (subject to hydrolysis) is 2. The first-order chi connectivity index (χ1) is 29.4. The average Bonchev–Trinajstić information content (AvgIpc) is 4.10. The van der Waals surface area contributed by atoms with Gasteiger partial charge in [0.15, 0.2) is 0 Å². The Kier molecular flexibility index (Phi) is 11.6. The molecule has 14 nitrogen and oxygen atoms in total. The summed E-state index contributed by atoms with van der Waals surface area (Å²) in [5.74, 6) is 0.920. The third-order valence-electron chi connectivity index (χ3n) is 12.8. The number of rotatable bonds is 11. The maximum Gasteiger partial charge on any atom is 0.407 e. The fourth-order valence-corrected chi connectivity index (χ4v) is 9.36. The highest BCUT2D eigenvalue weighted by atomic mass is 16.5. The summed E-state index contributed by atoms with van der Waals surface area (Å²) in [5, 5.41) is 8.69. The van der Waals surface area contributed by atoms with Crippen molar-refractivity contribution in [3.05, 3.63) is 83.6 Å². The number of imidazole rings is 2. The molecule has 1 saturated carbocycles. The molecule has 2 aromatic heterocycles. The fourth-order valence-electron chi connectivity index (χ4n) is 9.36. The Labute approximate surface area is 356 Å². The van der Waals surface area contributed by atoms with E-state index in [0.29, 0.717) is 6.54 Å². The van der Waals surface area contributed by atoms with Crippen LogP contribution in [0.1, 0.15) is 95.2 Å². The number of amides is 4. The second-order valence-electron chi connectivity index (χ2n) is 17.4. The molecule has 320 valence electrons. The molecule has 3 aromatic carbocycles. The van der Waals surface area contributed by atoms with Crippen LogP contribution in [0.15, 0.2) is 60.7 Å². The molecule has 0 bridgehead atoms. The highest BCUT2D eigenvalue weighted by Gasteiger charge is 2.42. The number of ether oxygens (including phenoxy) is 2. The van der Waals surface area contributed by atoms with Crippen molar-refractivity contribution in [1.82, 2.24) is 40.8 Å². The lowest BCUT2D eigenvalue weighted by Crippen LogP contribution is -2.55. The van der Waals surface area contributed by atoms with Crippen molar-refractivity contribution >= 4 is 35.0 Å². The number of aromatic amines is 2. The summed E-state index contributed by atoms with van der Waals surface area (Å²) in [5.41, 5.74) is 9.82. The molecule has 3 heterocycles. The van der Waals surface area contributed by atoms with E-state index >= 15 is 0 Å². The fraction of sp³-hybridized carbons (Fsp3) is 0.447. The van der Waals surface area contributed by atoms with Crippen LogP contribution < -0.4 is 16.0 Å². The van der Waals surface area contributed by atoms with Gasteiger partial charge in [-0.05, 0) is 90.3 Å². The highest BCUT2D eigenvalue weighted by molar-refractivity contribution is 5.88. The van der Waals surface area contributed by atoms with Crippen molar-refractivity contribution in [3.8, 4) is 33.5 Å². The Balaban J connectivity index is 0.981. The minimum Gasteiger partial charge on any atom is -0.453 e. The SMILES string of the molecule is COC(=O)N[C@H](C(=O)NC1(c2nc3ccc(-c4ccc(-c5ccc6c(c5)CCc5[nH]c([C@@H]7CCCN7C(=O)[C@@H](NC(=O)OC)C(C)C)nc5-6)cc4)cc3[nH]2)CCCC1)C(C)C. The minimum absolute atomic E-state index is 0.0998. The number of carbonyl (C=O) groups is 4. The van der Waals surface area contributed by atoms with Crippen molar-refractivity contribution in [3.63, 3.8) is 0 Å². The van der Waals surface area contributed by atoms with Gasteiger partial charge in [0, 0.05) is 17.8 Å². The first-order valence-electron chi connectivity index (χ1n) is 21.5. The van der Waals surface area contributed by atoms with Crippen LogP contribution in [0.5, 0.6) is 0 Å². The number of likely N-dealkylation sites (tertiary alicyclic amines) is 1. The molecule has 1 saturated heterocycles. The minimum atomic E-state index is -0.737. The standard InChI is InChI=1S/C47H56N8O6/c1-26(2)38(52-45(58)60-5)42(56)54-47(21-7-8-22-47)44-49-34-19-16-31(25-36(34)50-44)29-13-11-28(12-14-29)30-15-18-33-32(24-30)17-20-35-40(33)51-41(48-35)37-10-9-23-55(37)43(57)39(27(3)4)53-46(59)61-6/h11-16,18-19,24-27,37-39H,7-10,17,20-23H2,1-6H3,(H,48,51)(H,49,50)(H,52,58)(H,53,59)(H,54,56)/t37-,38-,39-/m0/s1. The van der Waals surface area contributed by atoms with Crippen LogP contribution in [0, 0.1) is 11.8 Å². The van der Waals surface area contributed by atoms with E-state index in [4.69, 9.17) is 19.4 Å². The van der Waals surface area contributed by atoms with Gasteiger partial charge < -0.3 is 40.3 Å². The molecule has 0 radical (unpaired) electrons. The molecule has 3 atom stereocenters. The number of nitrogens with one attached hydrogen (secondary N) is 5. The van der Waals surface area contributed by atoms with Crippen molar-refractivity contribution < 1.29 is 28.7 Å². The Hall–Kier alpha value is -6.18. The molecule has 3 aliphatic rings. The van der Waals surface area contributed by atoms with Crippen LogP contribution in [0.25, 0.3) is 44.5 Å². The zero-order chi connectivity index (χ0) is 43.0. The van der Waals surface area contributed by atoms with Crippen LogP contribution >= 0.6 is 0 Å². The van der Waals surface area contributed by atoms with Crippen molar-refractivity contribution in [2.75, 3.05) is 20.8 Å². The molecule has 1 aliphatic heterocycles. The van der Waals surface area contributed by atoms with Crippen molar-refractivity contribution in [1.29, 1.82) is 0 Å². The van der Waals surface area contributed by atoms with E-state index in [1.807, 2.05) is 38.7 Å². The first-order valence-corrected chi connectivity index (χ1v) is 21.5. The van der Waals surface area contributed by atoms with Gasteiger partial charge in [0.1, 0.15) is 23.7 Å². The normalized spacial score (nSPS) is 17.8.